The van der Waals surface area contributed by atoms with Gasteiger partial charge in [0.15, 0.2) is 0 Å². The van der Waals surface area contributed by atoms with E-state index in [1.807, 2.05) is 13.8 Å². The van der Waals surface area contributed by atoms with Crippen LogP contribution in [0.3, 0.4) is 0 Å². The van der Waals surface area contributed by atoms with Crippen LogP contribution in [0.25, 0.3) is 0 Å². The van der Waals surface area contributed by atoms with Crippen molar-refractivity contribution in [3.8, 4) is 5.75 Å². The largest absolute Gasteiger partial charge is 0.495 e. The Hall–Kier alpha value is -0.540. The Balaban J connectivity index is 3.26. The fourth-order valence-electron chi connectivity index (χ4n) is 1.84. The first-order valence-corrected chi connectivity index (χ1v) is 6.17. The second kappa shape index (κ2) is 4.76. The molecule has 0 bridgehead atoms. The van der Waals surface area contributed by atoms with E-state index < -0.39 is 0 Å². The summed E-state index contributed by atoms with van der Waals surface area (Å²) < 4.78 is 6.46. The van der Waals surface area contributed by atoms with Crippen LogP contribution in [-0.4, -0.2) is 12.6 Å². The number of rotatable bonds is 3. The fourth-order valence-corrected chi connectivity index (χ4v) is 2.41. The molecular weight excluding hydrogens is 266 g/mol. The first kappa shape index (κ1) is 13.5. The number of benzene rings is 1. The topological polar surface area (TPSA) is 35.2 Å². The number of hydrogen-bond acceptors (Lipinski definition) is 2. The molecular formula is C13H20BrNO. The molecule has 2 N–H and O–H groups in total. The van der Waals surface area contributed by atoms with Crippen LogP contribution in [0.4, 0.5) is 0 Å². The minimum absolute atomic E-state index is 0.198. The van der Waals surface area contributed by atoms with Crippen LogP contribution in [0.2, 0.25) is 0 Å². The van der Waals surface area contributed by atoms with E-state index in [2.05, 4.69) is 35.8 Å². The summed E-state index contributed by atoms with van der Waals surface area (Å²) in [6, 6.07) is 2.18. The lowest BCUT2D eigenvalue weighted by Gasteiger charge is -2.22. The Morgan fingerprint density at radius 3 is 2.38 bits per heavy atom. The molecule has 0 amide bonds. The molecule has 1 aromatic carbocycles. The molecule has 0 fully saturated rings. The van der Waals surface area contributed by atoms with Gasteiger partial charge in [-0.3, -0.25) is 0 Å². The van der Waals surface area contributed by atoms with Gasteiger partial charge in [-0.1, -0.05) is 6.07 Å². The third kappa shape index (κ3) is 2.98. The molecule has 3 heteroatoms. The van der Waals surface area contributed by atoms with Crippen molar-refractivity contribution in [1.82, 2.24) is 0 Å². The van der Waals surface area contributed by atoms with Gasteiger partial charge in [-0.2, -0.15) is 0 Å². The monoisotopic (exact) mass is 285 g/mol. The maximum atomic E-state index is 6.06. The molecule has 1 rings (SSSR count). The molecule has 0 saturated carbocycles. The normalized spacial score (nSPS) is 11.7. The zero-order valence-corrected chi connectivity index (χ0v) is 12.2. The lowest BCUT2D eigenvalue weighted by Crippen LogP contribution is -2.34. The van der Waals surface area contributed by atoms with Crippen molar-refractivity contribution in [3.05, 3.63) is 27.2 Å². The van der Waals surface area contributed by atoms with Gasteiger partial charge in [0.05, 0.1) is 11.6 Å². The van der Waals surface area contributed by atoms with Crippen molar-refractivity contribution in [2.45, 2.75) is 39.7 Å². The highest BCUT2D eigenvalue weighted by atomic mass is 79.9. The summed E-state index contributed by atoms with van der Waals surface area (Å²) in [5.41, 5.74) is 9.47. The molecule has 90 valence electrons. The van der Waals surface area contributed by atoms with Crippen LogP contribution in [0.1, 0.15) is 30.5 Å². The van der Waals surface area contributed by atoms with Crippen LogP contribution >= 0.6 is 15.9 Å². The standard InChI is InChI=1S/C13H20BrNO/c1-8-6-10(7-13(3,4)15)9(2)12(16-5)11(8)14/h6H,7,15H2,1-5H3. The number of aryl methyl sites for hydroxylation is 1. The van der Waals surface area contributed by atoms with E-state index in [9.17, 15) is 0 Å². The Morgan fingerprint density at radius 2 is 1.94 bits per heavy atom. The van der Waals surface area contributed by atoms with E-state index in [0.717, 1.165) is 16.6 Å². The Labute approximate surface area is 106 Å². The van der Waals surface area contributed by atoms with Crippen molar-refractivity contribution in [2.75, 3.05) is 7.11 Å². The second-order valence-corrected chi connectivity index (χ2v) is 5.78. The summed E-state index contributed by atoms with van der Waals surface area (Å²) in [7, 11) is 1.70. The van der Waals surface area contributed by atoms with Crippen LogP contribution in [-0.2, 0) is 6.42 Å². The molecule has 0 radical (unpaired) electrons. The predicted molar refractivity (Wildman–Crippen MR) is 72.1 cm³/mol. The quantitative estimate of drug-likeness (QED) is 0.924. The predicted octanol–water partition coefficient (Wildman–Crippen LogP) is 3.35. The van der Waals surface area contributed by atoms with E-state index in [4.69, 9.17) is 10.5 Å². The summed E-state index contributed by atoms with van der Waals surface area (Å²) in [5.74, 6) is 0.916. The maximum Gasteiger partial charge on any atom is 0.136 e. The van der Waals surface area contributed by atoms with Gasteiger partial charge in [-0.25, -0.2) is 0 Å². The smallest absolute Gasteiger partial charge is 0.136 e. The Morgan fingerprint density at radius 1 is 1.38 bits per heavy atom. The van der Waals surface area contributed by atoms with Gasteiger partial charge in [0.25, 0.3) is 0 Å². The molecule has 16 heavy (non-hydrogen) atoms. The van der Waals surface area contributed by atoms with E-state index >= 15 is 0 Å². The van der Waals surface area contributed by atoms with Crippen molar-refractivity contribution < 1.29 is 4.74 Å². The number of ether oxygens (including phenoxy) is 1. The van der Waals surface area contributed by atoms with Gasteiger partial charge < -0.3 is 10.5 Å². The first-order chi connectivity index (χ1) is 7.26. The molecule has 0 unspecified atom stereocenters. The number of hydrogen-bond donors (Lipinski definition) is 1. The molecule has 0 aliphatic carbocycles. The molecule has 0 heterocycles. The van der Waals surface area contributed by atoms with Gasteiger partial charge in [0.2, 0.25) is 0 Å². The SMILES string of the molecule is COc1c(C)c(CC(C)(C)N)cc(C)c1Br. The first-order valence-electron chi connectivity index (χ1n) is 5.37. The van der Waals surface area contributed by atoms with Crippen LogP contribution in [0.15, 0.2) is 10.5 Å². The van der Waals surface area contributed by atoms with E-state index in [1.165, 1.54) is 16.7 Å². The summed E-state index contributed by atoms with van der Waals surface area (Å²) in [4.78, 5) is 0. The minimum Gasteiger partial charge on any atom is -0.495 e. The van der Waals surface area contributed by atoms with Crippen LogP contribution in [0, 0.1) is 13.8 Å². The highest BCUT2D eigenvalue weighted by Crippen LogP contribution is 2.35. The lowest BCUT2D eigenvalue weighted by molar-refractivity contribution is 0.406. The molecule has 0 aromatic heterocycles. The highest BCUT2D eigenvalue weighted by Gasteiger charge is 2.17. The van der Waals surface area contributed by atoms with E-state index in [1.54, 1.807) is 7.11 Å². The van der Waals surface area contributed by atoms with Gasteiger partial charge in [0, 0.05) is 5.54 Å². The van der Waals surface area contributed by atoms with Gasteiger partial charge in [-0.15, -0.1) is 0 Å². The van der Waals surface area contributed by atoms with Gasteiger partial charge in [0.1, 0.15) is 5.75 Å². The number of halogens is 1. The van der Waals surface area contributed by atoms with E-state index in [0.29, 0.717) is 0 Å². The van der Waals surface area contributed by atoms with Crippen molar-refractivity contribution in [3.63, 3.8) is 0 Å². The summed E-state index contributed by atoms with van der Waals surface area (Å²) in [5, 5.41) is 0. The zero-order chi connectivity index (χ0) is 12.5. The fraction of sp³-hybridized carbons (Fsp3) is 0.538. The minimum atomic E-state index is -0.198. The molecule has 2 nitrogen and oxygen atoms in total. The molecule has 1 aromatic rings. The molecule has 0 atom stereocenters. The number of nitrogens with two attached hydrogens (primary N) is 1. The summed E-state index contributed by atoms with van der Waals surface area (Å²) in [6.07, 6.45) is 0.851. The average Bonchev–Trinajstić information content (AvgIpc) is 2.13. The lowest BCUT2D eigenvalue weighted by atomic mass is 9.92. The third-order valence-corrected chi connectivity index (χ3v) is 3.59. The summed E-state index contributed by atoms with van der Waals surface area (Å²) >= 11 is 3.55. The molecule has 0 spiro atoms. The Kier molecular flexibility index (Phi) is 4.02. The average molecular weight is 286 g/mol. The molecule has 0 aliphatic rings. The van der Waals surface area contributed by atoms with Gasteiger partial charge in [-0.05, 0) is 66.7 Å². The van der Waals surface area contributed by atoms with Crippen molar-refractivity contribution in [1.29, 1.82) is 0 Å². The molecule has 0 aliphatic heterocycles. The number of methoxy groups -OCH3 is 1. The maximum absolute atomic E-state index is 6.06. The second-order valence-electron chi connectivity index (χ2n) is 4.99. The molecule has 0 saturated heterocycles. The van der Waals surface area contributed by atoms with Crippen molar-refractivity contribution >= 4 is 15.9 Å². The van der Waals surface area contributed by atoms with Crippen molar-refractivity contribution in [2.24, 2.45) is 5.73 Å². The highest BCUT2D eigenvalue weighted by molar-refractivity contribution is 9.10. The van der Waals surface area contributed by atoms with Crippen LogP contribution < -0.4 is 10.5 Å². The van der Waals surface area contributed by atoms with Crippen LogP contribution in [0.5, 0.6) is 5.75 Å². The third-order valence-electron chi connectivity index (χ3n) is 2.61. The summed E-state index contributed by atoms with van der Waals surface area (Å²) in [6.45, 7) is 8.22. The van der Waals surface area contributed by atoms with E-state index in [-0.39, 0.29) is 5.54 Å². The Bertz CT molecular complexity index is 394. The van der Waals surface area contributed by atoms with Gasteiger partial charge >= 0.3 is 0 Å². The zero-order valence-electron chi connectivity index (χ0n) is 10.6.